The van der Waals surface area contributed by atoms with E-state index in [1.54, 1.807) is 12.3 Å². The van der Waals surface area contributed by atoms with E-state index < -0.39 is 0 Å². The fourth-order valence-electron chi connectivity index (χ4n) is 2.64. The van der Waals surface area contributed by atoms with Gasteiger partial charge in [0.1, 0.15) is 11.9 Å². The van der Waals surface area contributed by atoms with Gasteiger partial charge in [0.2, 0.25) is 0 Å². The lowest BCUT2D eigenvalue weighted by atomic mass is 9.76. The molecule has 1 saturated carbocycles. The zero-order valence-electron chi connectivity index (χ0n) is 12.1. The molecule has 6 heteroatoms. The second-order valence-electron chi connectivity index (χ2n) is 5.30. The predicted molar refractivity (Wildman–Crippen MR) is 79.1 cm³/mol. The minimum absolute atomic E-state index is 0.262. The smallest absolute Gasteiger partial charge is 0.165 e. The van der Waals surface area contributed by atoms with Crippen LogP contribution in [-0.2, 0) is 0 Å². The lowest BCUT2D eigenvalue weighted by molar-refractivity contribution is 0.366. The molecule has 1 fully saturated rings. The molecule has 1 aromatic heterocycles. The van der Waals surface area contributed by atoms with E-state index in [4.69, 9.17) is 10.00 Å². The second-order valence-corrected chi connectivity index (χ2v) is 5.30. The first-order valence-electron chi connectivity index (χ1n) is 7.01. The average Bonchev–Trinajstić information content (AvgIpc) is 2.50. The molecule has 0 unspecified atom stereocenters. The van der Waals surface area contributed by atoms with E-state index in [1.807, 2.05) is 12.1 Å². The van der Waals surface area contributed by atoms with E-state index >= 15 is 0 Å². The van der Waals surface area contributed by atoms with Crippen molar-refractivity contribution in [1.82, 2.24) is 9.97 Å². The van der Waals surface area contributed by atoms with Crippen LogP contribution in [0.1, 0.15) is 30.0 Å². The summed E-state index contributed by atoms with van der Waals surface area (Å²) in [6, 6.07) is 7.32. The Labute approximate surface area is 127 Å². The van der Waals surface area contributed by atoms with Gasteiger partial charge in [-0.1, -0.05) is 6.07 Å². The summed E-state index contributed by atoms with van der Waals surface area (Å²) >= 11 is 0. The van der Waals surface area contributed by atoms with E-state index in [9.17, 15) is 4.39 Å². The van der Waals surface area contributed by atoms with Crippen molar-refractivity contribution < 1.29 is 9.13 Å². The summed E-state index contributed by atoms with van der Waals surface area (Å²) in [4.78, 5) is 8.10. The molecule has 1 heterocycles. The van der Waals surface area contributed by atoms with Crippen LogP contribution in [0.15, 0.2) is 30.6 Å². The number of halogens is 1. The molecule has 0 aliphatic heterocycles. The molecule has 3 rings (SSSR count). The lowest BCUT2D eigenvalue weighted by Gasteiger charge is -2.36. The molecule has 1 aliphatic rings. The van der Waals surface area contributed by atoms with Crippen molar-refractivity contribution in [2.45, 2.75) is 24.8 Å². The van der Waals surface area contributed by atoms with Crippen LogP contribution >= 0.6 is 0 Å². The number of ether oxygens (including phenoxy) is 1. The minimum Gasteiger partial charge on any atom is -0.494 e. The van der Waals surface area contributed by atoms with Crippen LogP contribution in [-0.4, -0.2) is 23.1 Å². The van der Waals surface area contributed by atoms with E-state index in [1.165, 1.54) is 19.4 Å². The molecule has 1 aromatic carbocycles. The van der Waals surface area contributed by atoms with Crippen LogP contribution in [0.5, 0.6) is 5.75 Å². The summed E-state index contributed by atoms with van der Waals surface area (Å²) in [6.07, 6.45) is 4.81. The Balaban J connectivity index is 1.60. The quantitative estimate of drug-likeness (QED) is 0.939. The summed E-state index contributed by atoms with van der Waals surface area (Å²) < 4.78 is 18.6. The molecule has 0 atom stereocenters. The van der Waals surface area contributed by atoms with Crippen molar-refractivity contribution in [1.29, 1.82) is 5.26 Å². The van der Waals surface area contributed by atoms with Crippen molar-refractivity contribution in [3.8, 4) is 11.8 Å². The third-order valence-corrected chi connectivity index (χ3v) is 3.89. The summed E-state index contributed by atoms with van der Waals surface area (Å²) in [5, 5.41) is 12.0. The number of hydrogen-bond donors (Lipinski definition) is 1. The molecule has 0 bridgehead atoms. The molecule has 0 saturated heterocycles. The molecule has 0 amide bonds. The third-order valence-electron chi connectivity index (χ3n) is 3.89. The van der Waals surface area contributed by atoms with Gasteiger partial charge in [-0.3, -0.25) is 4.98 Å². The standard InChI is InChI=1S/C16H15FN4O/c1-22-15-3-2-10(6-14(15)17)11-4-12(5-11)20-16-9-19-8-13(7-18)21-16/h2-3,6,8-9,11-12H,4-5H2,1H3,(H,20,21). The average molecular weight is 298 g/mol. The first kappa shape index (κ1) is 14.3. The van der Waals surface area contributed by atoms with Gasteiger partial charge in [0.15, 0.2) is 17.3 Å². The minimum atomic E-state index is -0.330. The van der Waals surface area contributed by atoms with Crippen molar-refractivity contribution in [2.75, 3.05) is 12.4 Å². The van der Waals surface area contributed by atoms with Crippen molar-refractivity contribution in [3.05, 3.63) is 47.7 Å². The number of benzene rings is 1. The fourth-order valence-corrected chi connectivity index (χ4v) is 2.64. The normalized spacial score (nSPS) is 19.9. The Bertz CT molecular complexity index is 722. The van der Waals surface area contributed by atoms with Gasteiger partial charge >= 0.3 is 0 Å². The summed E-state index contributed by atoms with van der Waals surface area (Å²) in [5.74, 6) is 0.860. The molecule has 22 heavy (non-hydrogen) atoms. The number of aromatic nitrogens is 2. The number of nitriles is 1. The predicted octanol–water partition coefficient (Wildman–Crippen LogP) is 2.85. The van der Waals surface area contributed by atoms with Gasteiger partial charge in [0, 0.05) is 6.04 Å². The number of rotatable bonds is 4. The lowest BCUT2D eigenvalue weighted by Crippen LogP contribution is -2.34. The molecule has 5 nitrogen and oxygen atoms in total. The van der Waals surface area contributed by atoms with Gasteiger partial charge in [-0.25, -0.2) is 9.37 Å². The van der Waals surface area contributed by atoms with Gasteiger partial charge in [-0.2, -0.15) is 5.26 Å². The molecule has 112 valence electrons. The highest BCUT2D eigenvalue weighted by atomic mass is 19.1. The SMILES string of the molecule is COc1ccc(C2CC(Nc3cncc(C#N)n3)C2)cc1F. The van der Waals surface area contributed by atoms with Gasteiger partial charge in [0.05, 0.1) is 19.5 Å². The third kappa shape index (κ3) is 2.84. The van der Waals surface area contributed by atoms with Crippen LogP contribution in [0, 0.1) is 17.1 Å². The van der Waals surface area contributed by atoms with Crippen molar-refractivity contribution >= 4 is 5.82 Å². The van der Waals surface area contributed by atoms with Gasteiger partial charge in [-0.05, 0) is 36.5 Å². The number of methoxy groups -OCH3 is 1. The largest absolute Gasteiger partial charge is 0.494 e. The van der Waals surface area contributed by atoms with Crippen LogP contribution in [0.4, 0.5) is 10.2 Å². The molecule has 1 aliphatic carbocycles. The van der Waals surface area contributed by atoms with Crippen molar-refractivity contribution in [3.63, 3.8) is 0 Å². The number of nitrogens with zero attached hydrogens (tertiary/aromatic N) is 3. The highest BCUT2D eigenvalue weighted by Crippen LogP contribution is 2.39. The van der Waals surface area contributed by atoms with Crippen LogP contribution in [0.25, 0.3) is 0 Å². The Morgan fingerprint density at radius 1 is 1.36 bits per heavy atom. The Hall–Kier alpha value is -2.68. The molecule has 0 radical (unpaired) electrons. The van der Waals surface area contributed by atoms with Gasteiger partial charge in [0.25, 0.3) is 0 Å². The van der Waals surface area contributed by atoms with Crippen molar-refractivity contribution in [2.24, 2.45) is 0 Å². The molecule has 2 aromatic rings. The maximum absolute atomic E-state index is 13.7. The van der Waals surface area contributed by atoms with E-state index in [0.29, 0.717) is 11.7 Å². The van der Waals surface area contributed by atoms with E-state index in [-0.39, 0.29) is 23.3 Å². The van der Waals surface area contributed by atoms with Crippen LogP contribution < -0.4 is 10.1 Å². The highest BCUT2D eigenvalue weighted by molar-refractivity contribution is 5.38. The van der Waals surface area contributed by atoms with E-state index in [0.717, 1.165) is 18.4 Å². The van der Waals surface area contributed by atoms with Gasteiger partial charge < -0.3 is 10.1 Å². The number of hydrogen-bond acceptors (Lipinski definition) is 5. The topological polar surface area (TPSA) is 70.8 Å². The maximum atomic E-state index is 13.7. The monoisotopic (exact) mass is 298 g/mol. The highest BCUT2D eigenvalue weighted by Gasteiger charge is 2.31. The molecular weight excluding hydrogens is 283 g/mol. The molecule has 0 spiro atoms. The first-order chi connectivity index (χ1) is 10.7. The van der Waals surface area contributed by atoms with Crippen LogP contribution in [0.2, 0.25) is 0 Å². The first-order valence-corrected chi connectivity index (χ1v) is 7.01. The fraction of sp³-hybridized carbons (Fsp3) is 0.312. The summed E-state index contributed by atoms with van der Waals surface area (Å²) in [7, 11) is 1.46. The number of anilines is 1. The maximum Gasteiger partial charge on any atom is 0.165 e. The second kappa shape index (κ2) is 5.98. The Morgan fingerprint density at radius 2 is 2.18 bits per heavy atom. The Morgan fingerprint density at radius 3 is 2.86 bits per heavy atom. The molecular formula is C16H15FN4O. The Kier molecular flexibility index (Phi) is 3.88. The van der Waals surface area contributed by atoms with Gasteiger partial charge in [-0.15, -0.1) is 0 Å². The van der Waals surface area contributed by atoms with Crippen LogP contribution in [0.3, 0.4) is 0 Å². The summed E-state index contributed by atoms with van der Waals surface area (Å²) in [5.41, 5.74) is 1.27. The summed E-state index contributed by atoms with van der Waals surface area (Å²) in [6.45, 7) is 0. The van der Waals surface area contributed by atoms with E-state index in [2.05, 4.69) is 15.3 Å². The zero-order chi connectivity index (χ0) is 15.5. The number of nitrogens with one attached hydrogen (secondary N) is 1. The molecule has 1 N–H and O–H groups in total. The zero-order valence-corrected chi connectivity index (χ0v) is 12.1.